The first kappa shape index (κ1) is 20.7. The zero-order valence-corrected chi connectivity index (χ0v) is 19.3. The molecule has 0 aromatic heterocycles. The van der Waals surface area contributed by atoms with E-state index >= 15 is 0 Å². The van der Waals surface area contributed by atoms with Crippen molar-refractivity contribution in [1.82, 2.24) is 0 Å². The van der Waals surface area contributed by atoms with Crippen LogP contribution in [0.25, 0.3) is 0 Å². The first-order valence-electron chi connectivity index (χ1n) is 9.82. The van der Waals surface area contributed by atoms with Crippen LogP contribution < -0.4 is 20.7 Å². The summed E-state index contributed by atoms with van der Waals surface area (Å²) in [7, 11) is 1.65. The molecule has 4 aromatic carbocycles. The van der Waals surface area contributed by atoms with Crippen LogP contribution in [0, 0.1) is 0 Å². The topological polar surface area (TPSA) is 29.5 Å². The number of rotatable bonds is 6. The molecule has 1 N–H and O–H groups in total. The normalized spacial score (nSPS) is 12.7. The van der Waals surface area contributed by atoms with Crippen molar-refractivity contribution in [3.63, 3.8) is 0 Å². The van der Waals surface area contributed by atoms with Crippen molar-refractivity contribution in [2.75, 3.05) is 7.11 Å². The second-order valence-electron chi connectivity index (χ2n) is 7.34. The predicted molar refractivity (Wildman–Crippen MR) is 132 cm³/mol. The molecule has 4 aromatic rings. The molecule has 4 rings (SSSR count). The van der Waals surface area contributed by atoms with Crippen LogP contribution in [-0.4, -0.2) is 12.2 Å². The van der Waals surface area contributed by atoms with Gasteiger partial charge in [-0.15, -0.1) is 0 Å². The van der Waals surface area contributed by atoms with Crippen molar-refractivity contribution >= 4 is 36.7 Å². The Morgan fingerprint density at radius 1 is 0.700 bits per heavy atom. The summed E-state index contributed by atoms with van der Waals surface area (Å²) in [6, 6.07) is 37.1. The molecule has 0 aliphatic carbocycles. The van der Waals surface area contributed by atoms with E-state index in [4.69, 9.17) is 4.74 Å². The minimum absolute atomic E-state index is 0.270. The molecule has 0 bridgehead atoms. The first-order valence-corrected chi connectivity index (χ1v) is 14.3. The van der Waals surface area contributed by atoms with Crippen molar-refractivity contribution in [3.05, 3.63) is 115 Å². The number of aromatic hydroxyl groups is 1. The molecule has 0 fully saturated rings. The predicted octanol–water partition coefficient (Wildman–Crippen LogP) is 5.74. The molecule has 2 nitrogen and oxygen atoms in total. The van der Waals surface area contributed by atoms with Crippen LogP contribution in [0.4, 0.5) is 0 Å². The molecule has 30 heavy (non-hydrogen) atoms. The van der Waals surface area contributed by atoms with Gasteiger partial charge in [0.1, 0.15) is 0 Å². The Morgan fingerprint density at radius 3 is 1.53 bits per heavy atom. The summed E-state index contributed by atoms with van der Waals surface area (Å²) < 4.78 is 5.46. The van der Waals surface area contributed by atoms with Crippen molar-refractivity contribution < 1.29 is 9.84 Å². The van der Waals surface area contributed by atoms with E-state index in [0.717, 1.165) is 11.3 Å². The van der Waals surface area contributed by atoms with Crippen LogP contribution in [0.15, 0.2) is 109 Å². The Hall–Kier alpha value is -2.61. The van der Waals surface area contributed by atoms with Crippen LogP contribution >= 0.6 is 20.8 Å². The Morgan fingerprint density at radius 2 is 1.13 bits per heavy atom. The zero-order valence-electron chi connectivity index (χ0n) is 16.8. The van der Waals surface area contributed by atoms with Gasteiger partial charge in [0.25, 0.3) is 0 Å². The molecule has 0 spiro atoms. The Kier molecular flexibility index (Phi) is 5.69. The van der Waals surface area contributed by atoms with Gasteiger partial charge in [0.2, 0.25) is 0 Å². The van der Waals surface area contributed by atoms with Gasteiger partial charge in [-0.2, -0.15) is 0 Å². The van der Waals surface area contributed by atoms with Crippen LogP contribution in [0.3, 0.4) is 0 Å². The number of benzene rings is 4. The maximum atomic E-state index is 10.8. The monoisotopic (exact) mass is 478 g/mol. The molecule has 0 atom stereocenters. The van der Waals surface area contributed by atoms with Gasteiger partial charge in [-0.25, -0.2) is 0 Å². The van der Waals surface area contributed by atoms with Gasteiger partial charge in [0.15, 0.2) is 0 Å². The van der Waals surface area contributed by atoms with E-state index in [1.54, 1.807) is 19.2 Å². The number of halogens is 1. The number of methoxy groups -OCH3 is 1. The fourth-order valence-electron chi connectivity index (χ4n) is 4.07. The second kappa shape index (κ2) is 8.26. The van der Waals surface area contributed by atoms with E-state index in [9.17, 15) is 5.11 Å². The van der Waals surface area contributed by atoms with Gasteiger partial charge in [0, 0.05) is 0 Å². The molecule has 0 saturated carbocycles. The quantitative estimate of drug-likeness (QED) is 0.358. The van der Waals surface area contributed by atoms with Crippen LogP contribution in [0.1, 0.15) is 5.56 Å². The molecular formula is C26H24BrO2P. The third kappa shape index (κ3) is 3.43. The van der Waals surface area contributed by atoms with Gasteiger partial charge < -0.3 is 0 Å². The van der Waals surface area contributed by atoms with Crippen LogP contribution in [0.5, 0.6) is 11.5 Å². The third-order valence-corrected chi connectivity index (χ3v) is 15.1. The van der Waals surface area contributed by atoms with E-state index in [-0.39, 0.29) is 5.75 Å². The van der Waals surface area contributed by atoms with E-state index in [1.165, 1.54) is 15.9 Å². The number of phenols is 1. The maximum absolute atomic E-state index is 10.8. The molecule has 0 radical (unpaired) electrons. The van der Waals surface area contributed by atoms with Crippen molar-refractivity contribution in [1.29, 1.82) is 0 Å². The summed E-state index contributed by atoms with van der Waals surface area (Å²) in [4.78, 5) is 0. The van der Waals surface area contributed by atoms with E-state index < -0.39 is 5.31 Å². The van der Waals surface area contributed by atoms with Crippen LogP contribution in [-0.2, 0) is 6.16 Å². The zero-order chi connectivity index (χ0) is 21.1. The summed E-state index contributed by atoms with van der Waals surface area (Å²) in [6.07, 6.45) is 0.618. The van der Waals surface area contributed by atoms with Gasteiger partial charge in [-0.1, -0.05) is 0 Å². The number of hydrogen-bond donors (Lipinski definition) is 1. The second-order valence-corrected chi connectivity index (χ2v) is 16.3. The molecule has 0 aliphatic rings. The van der Waals surface area contributed by atoms with E-state index in [0.29, 0.717) is 6.16 Å². The molecule has 4 heteroatoms. The van der Waals surface area contributed by atoms with Crippen molar-refractivity contribution in [3.8, 4) is 11.5 Å². The SMILES string of the molecule is COc1ccc(O)c(CP(Br)(c2ccccc2)(c2ccccc2)c2ccccc2)c1. The standard InChI is InChI=1S/C26H24BrO2P/c1-29-22-17-18-26(28)21(19-22)20-30(27,23-11-5-2-6-12-23,24-13-7-3-8-14-24)25-15-9-4-10-16-25/h2-19,28H,20H2,1H3. The average Bonchev–Trinajstić information content (AvgIpc) is 2.82. The molecule has 0 aliphatic heterocycles. The molecular weight excluding hydrogens is 455 g/mol. The molecule has 0 unspecified atom stereocenters. The van der Waals surface area contributed by atoms with Gasteiger partial charge >= 0.3 is 186 Å². The minimum atomic E-state index is -3.15. The first-order chi connectivity index (χ1) is 14.6. The van der Waals surface area contributed by atoms with Crippen molar-refractivity contribution in [2.24, 2.45) is 0 Å². The summed E-state index contributed by atoms with van der Waals surface area (Å²) >= 11 is 4.41. The number of phenolic OH excluding ortho intramolecular Hbond substituents is 1. The summed E-state index contributed by atoms with van der Waals surface area (Å²) in [6.45, 7) is 0. The molecule has 0 saturated heterocycles. The van der Waals surface area contributed by atoms with Gasteiger partial charge in [-0.3, -0.25) is 0 Å². The summed E-state index contributed by atoms with van der Waals surface area (Å²) in [5.41, 5.74) is 0.848. The Bertz CT molecular complexity index is 1030. The molecule has 152 valence electrons. The molecule has 0 amide bonds. The number of hydrogen-bond acceptors (Lipinski definition) is 2. The average molecular weight is 479 g/mol. The summed E-state index contributed by atoms with van der Waals surface area (Å²) in [5.74, 6) is 1.00. The van der Waals surface area contributed by atoms with Gasteiger partial charge in [0.05, 0.1) is 0 Å². The van der Waals surface area contributed by atoms with E-state index in [1.807, 2.05) is 24.3 Å². The van der Waals surface area contributed by atoms with E-state index in [2.05, 4.69) is 88.3 Å². The van der Waals surface area contributed by atoms with Gasteiger partial charge in [-0.05, 0) is 0 Å². The van der Waals surface area contributed by atoms with Crippen molar-refractivity contribution in [2.45, 2.75) is 6.16 Å². The number of ether oxygens (including phenoxy) is 1. The fraction of sp³-hybridized carbons (Fsp3) is 0.0769. The Labute approximate surface area is 185 Å². The Balaban J connectivity index is 2.09. The third-order valence-electron chi connectivity index (χ3n) is 5.64. The fourth-order valence-corrected chi connectivity index (χ4v) is 11.7. The summed E-state index contributed by atoms with van der Waals surface area (Å²) in [5, 5.41) is 11.3. The van der Waals surface area contributed by atoms with Crippen LogP contribution in [0.2, 0.25) is 0 Å². The molecule has 0 heterocycles.